The minimum absolute atomic E-state index is 0.226. The average molecular weight is 366 g/mol. The van der Waals surface area contributed by atoms with Gasteiger partial charge in [-0.05, 0) is 38.0 Å². The lowest BCUT2D eigenvalue weighted by molar-refractivity contribution is -0.143. The van der Waals surface area contributed by atoms with E-state index in [0.29, 0.717) is 30.7 Å². The van der Waals surface area contributed by atoms with Gasteiger partial charge in [-0.25, -0.2) is 0 Å². The smallest absolute Gasteiger partial charge is 0.308 e. The topological polar surface area (TPSA) is 70.8 Å². The third kappa shape index (κ3) is 2.63. The zero-order chi connectivity index (χ0) is 15.9. The summed E-state index contributed by atoms with van der Waals surface area (Å²) in [7, 11) is 0. The minimum Gasteiger partial charge on any atom is -0.481 e. The van der Waals surface area contributed by atoms with Gasteiger partial charge in [-0.1, -0.05) is 15.9 Å². The van der Waals surface area contributed by atoms with E-state index in [9.17, 15) is 9.59 Å². The lowest BCUT2D eigenvalue weighted by Gasteiger charge is -2.30. The number of aryl methyl sites for hydroxylation is 1. The van der Waals surface area contributed by atoms with Crippen LogP contribution < -0.4 is 0 Å². The van der Waals surface area contributed by atoms with E-state index in [1.54, 1.807) is 4.90 Å². The van der Waals surface area contributed by atoms with Crippen molar-refractivity contribution in [3.63, 3.8) is 0 Å². The molecule has 3 rings (SSSR count). The highest BCUT2D eigenvalue weighted by Crippen LogP contribution is 2.29. The van der Waals surface area contributed by atoms with Crippen LogP contribution in [0, 0.1) is 12.8 Å². The van der Waals surface area contributed by atoms with Gasteiger partial charge in [0.15, 0.2) is 5.76 Å². The summed E-state index contributed by atoms with van der Waals surface area (Å²) in [5.74, 6) is -1.26. The molecular weight excluding hydrogens is 350 g/mol. The number of furan rings is 1. The normalized spacial score (nSPS) is 18.6. The number of hydrogen-bond donors (Lipinski definition) is 1. The molecule has 1 aliphatic rings. The maximum absolute atomic E-state index is 12.7. The first kappa shape index (κ1) is 15.1. The van der Waals surface area contributed by atoms with Crippen molar-refractivity contribution >= 4 is 38.8 Å². The average Bonchev–Trinajstić information content (AvgIpc) is 2.83. The van der Waals surface area contributed by atoms with E-state index < -0.39 is 11.9 Å². The summed E-state index contributed by atoms with van der Waals surface area (Å²) in [6.07, 6.45) is 1.32. The van der Waals surface area contributed by atoms with Gasteiger partial charge in [-0.3, -0.25) is 9.59 Å². The fraction of sp³-hybridized carbons (Fsp3) is 0.375. The number of halogens is 1. The number of carboxylic acids is 1. The van der Waals surface area contributed by atoms with Crippen molar-refractivity contribution in [3.05, 3.63) is 34.0 Å². The molecule has 22 heavy (non-hydrogen) atoms. The van der Waals surface area contributed by atoms with Gasteiger partial charge in [0.2, 0.25) is 0 Å². The van der Waals surface area contributed by atoms with Crippen molar-refractivity contribution in [2.24, 2.45) is 5.92 Å². The molecular formula is C16H16BrNO4. The van der Waals surface area contributed by atoms with Crippen molar-refractivity contribution in [3.8, 4) is 0 Å². The Morgan fingerprint density at radius 3 is 2.91 bits per heavy atom. The Kier molecular flexibility index (Phi) is 3.95. The number of piperidine rings is 1. The predicted octanol–water partition coefficient (Wildman–Crippen LogP) is 3.44. The van der Waals surface area contributed by atoms with Crippen LogP contribution in [0.3, 0.4) is 0 Å². The third-order valence-electron chi connectivity index (χ3n) is 4.15. The highest BCUT2D eigenvalue weighted by atomic mass is 79.9. The number of carbonyl (C=O) groups is 2. The van der Waals surface area contributed by atoms with E-state index in [1.807, 2.05) is 25.1 Å². The van der Waals surface area contributed by atoms with Gasteiger partial charge in [0.05, 0.1) is 5.92 Å². The highest BCUT2D eigenvalue weighted by Gasteiger charge is 2.31. The molecule has 1 aromatic carbocycles. The number of carbonyl (C=O) groups excluding carboxylic acids is 1. The zero-order valence-corrected chi connectivity index (χ0v) is 13.7. The predicted molar refractivity (Wildman–Crippen MR) is 84.9 cm³/mol. The quantitative estimate of drug-likeness (QED) is 0.884. The molecule has 1 aromatic heterocycles. The van der Waals surface area contributed by atoms with Gasteiger partial charge in [-0.2, -0.15) is 0 Å². The molecule has 0 spiro atoms. The molecule has 5 nitrogen and oxygen atoms in total. The minimum atomic E-state index is -0.845. The molecule has 0 unspecified atom stereocenters. The summed E-state index contributed by atoms with van der Waals surface area (Å²) in [6.45, 7) is 2.67. The molecule has 1 aliphatic heterocycles. The Bertz CT molecular complexity index is 752. The molecule has 0 aliphatic carbocycles. The fourth-order valence-electron chi connectivity index (χ4n) is 2.90. The van der Waals surface area contributed by atoms with Gasteiger partial charge >= 0.3 is 5.97 Å². The van der Waals surface area contributed by atoms with E-state index in [4.69, 9.17) is 9.52 Å². The van der Waals surface area contributed by atoms with Crippen LogP contribution in [0.1, 0.15) is 29.0 Å². The molecule has 2 heterocycles. The Labute approximate surface area is 136 Å². The summed E-state index contributed by atoms with van der Waals surface area (Å²) in [6, 6.07) is 5.60. The first-order valence-electron chi connectivity index (χ1n) is 7.18. The van der Waals surface area contributed by atoms with Crippen LogP contribution in [0.5, 0.6) is 0 Å². The number of rotatable bonds is 2. The first-order chi connectivity index (χ1) is 10.5. The fourth-order valence-corrected chi connectivity index (χ4v) is 3.26. The molecule has 116 valence electrons. The van der Waals surface area contributed by atoms with E-state index in [-0.39, 0.29) is 12.5 Å². The third-order valence-corrected chi connectivity index (χ3v) is 4.64. The molecule has 6 heteroatoms. The van der Waals surface area contributed by atoms with Crippen LogP contribution in [0.4, 0.5) is 0 Å². The second kappa shape index (κ2) is 5.76. The SMILES string of the molecule is Cc1c(C(=O)N2CCC[C@H](C(=O)O)C2)oc2ccc(Br)cc12. The number of hydrogen-bond acceptors (Lipinski definition) is 3. The van der Waals surface area contributed by atoms with Gasteiger partial charge in [0, 0.05) is 28.5 Å². The molecule has 0 saturated carbocycles. The second-order valence-electron chi connectivity index (χ2n) is 5.63. The number of carboxylic acid groups (broad SMARTS) is 1. The summed E-state index contributed by atoms with van der Waals surface area (Å²) >= 11 is 3.41. The summed E-state index contributed by atoms with van der Waals surface area (Å²) in [4.78, 5) is 25.4. The molecule has 1 N–H and O–H groups in total. The van der Waals surface area contributed by atoms with Crippen LogP contribution in [0.2, 0.25) is 0 Å². The van der Waals surface area contributed by atoms with Crippen molar-refractivity contribution in [1.29, 1.82) is 0 Å². The van der Waals surface area contributed by atoms with Gasteiger partial charge in [-0.15, -0.1) is 0 Å². The van der Waals surface area contributed by atoms with E-state index in [2.05, 4.69) is 15.9 Å². The maximum Gasteiger partial charge on any atom is 0.308 e. The number of aliphatic carboxylic acids is 1. The summed E-state index contributed by atoms with van der Waals surface area (Å²) < 4.78 is 6.63. The molecule has 1 atom stereocenters. The number of nitrogens with zero attached hydrogens (tertiary/aromatic N) is 1. The van der Waals surface area contributed by atoms with Crippen LogP contribution in [0.25, 0.3) is 11.0 Å². The number of amides is 1. The molecule has 1 fully saturated rings. The Balaban J connectivity index is 1.92. The van der Waals surface area contributed by atoms with Crippen molar-refractivity contribution in [2.75, 3.05) is 13.1 Å². The van der Waals surface area contributed by atoms with Gasteiger partial charge in [0.1, 0.15) is 5.58 Å². The molecule has 2 aromatic rings. The highest BCUT2D eigenvalue weighted by molar-refractivity contribution is 9.10. The standard InChI is InChI=1S/C16H16BrNO4/c1-9-12-7-11(17)4-5-13(12)22-14(9)15(19)18-6-2-3-10(8-18)16(20)21/h4-5,7,10H,2-3,6,8H2,1H3,(H,20,21)/t10-/m0/s1. The molecule has 0 radical (unpaired) electrons. The van der Waals surface area contributed by atoms with Crippen molar-refractivity contribution < 1.29 is 19.1 Å². The lowest BCUT2D eigenvalue weighted by atomic mass is 9.98. The maximum atomic E-state index is 12.7. The van der Waals surface area contributed by atoms with Crippen LogP contribution in [-0.2, 0) is 4.79 Å². The van der Waals surface area contributed by atoms with E-state index in [0.717, 1.165) is 15.4 Å². The Morgan fingerprint density at radius 1 is 1.41 bits per heavy atom. The second-order valence-corrected chi connectivity index (χ2v) is 6.54. The first-order valence-corrected chi connectivity index (χ1v) is 7.97. The van der Waals surface area contributed by atoms with Crippen LogP contribution in [-0.4, -0.2) is 35.0 Å². The van der Waals surface area contributed by atoms with Crippen molar-refractivity contribution in [1.82, 2.24) is 4.90 Å². The summed E-state index contributed by atoms with van der Waals surface area (Å²) in [5.41, 5.74) is 1.45. The Hall–Kier alpha value is -1.82. The number of fused-ring (bicyclic) bond motifs is 1. The van der Waals surface area contributed by atoms with Crippen LogP contribution in [0.15, 0.2) is 27.1 Å². The molecule has 1 amide bonds. The Morgan fingerprint density at radius 2 is 2.18 bits per heavy atom. The number of benzene rings is 1. The van der Waals surface area contributed by atoms with Gasteiger partial charge in [0.25, 0.3) is 5.91 Å². The molecule has 1 saturated heterocycles. The largest absolute Gasteiger partial charge is 0.481 e. The summed E-state index contributed by atoms with van der Waals surface area (Å²) in [5, 5.41) is 10.0. The monoisotopic (exact) mass is 365 g/mol. The lowest BCUT2D eigenvalue weighted by Crippen LogP contribution is -2.42. The molecule has 0 bridgehead atoms. The van der Waals surface area contributed by atoms with Gasteiger partial charge < -0.3 is 14.4 Å². The zero-order valence-electron chi connectivity index (χ0n) is 12.1. The number of likely N-dealkylation sites (tertiary alicyclic amines) is 1. The van der Waals surface area contributed by atoms with Crippen molar-refractivity contribution in [2.45, 2.75) is 19.8 Å². The van der Waals surface area contributed by atoms with E-state index >= 15 is 0 Å². The van der Waals surface area contributed by atoms with E-state index in [1.165, 1.54) is 0 Å². The van der Waals surface area contributed by atoms with Crippen LogP contribution >= 0.6 is 15.9 Å².